The summed E-state index contributed by atoms with van der Waals surface area (Å²) >= 11 is 2.15. The van der Waals surface area contributed by atoms with Gasteiger partial charge in [0.1, 0.15) is 11.8 Å². The Labute approximate surface area is 141 Å². The van der Waals surface area contributed by atoms with Crippen LogP contribution in [0.25, 0.3) is 0 Å². The normalized spacial score (nSPS) is 11.7. The molecular weight excluding hydrogens is 395 g/mol. The smallest absolute Gasteiger partial charge is 0.251 e. The van der Waals surface area contributed by atoms with Gasteiger partial charge in [-0.3, -0.25) is 9.59 Å². The highest BCUT2D eigenvalue weighted by molar-refractivity contribution is 14.1. The van der Waals surface area contributed by atoms with Gasteiger partial charge in [-0.1, -0.05) is 12.1 Å². The SMILES string of the molecule is NC(=O)C(Cc1ccc(O)cc1)NC(=O)c1ccc(I)cc1. The fraction of sp³-hybridized carbons (Fsp3) is 0.125. The molecule has 1 unspecified atom stereocenters. The summed E-state index contributed by atoms with van der Waals surface area (Å²) in [6.45, 7) is 0. The highest BCUT2D eigenvalue weighted by atomic mass is 127. The zero-order valence-electron chi connectivity index (χ0n) is 11.6. The molecule has 4 N–H and O–H groups in total. The minimum atomic E-state index is -0.809. The molecule has 0 aliphatic carbocycles. The molecule has 6 heteroatoms. The van der Waals surface area contributed by atoms with Crippen LogP contribution in [0.3, 0.4) is 0 Å². The Morgan fingerprint density at radius 1 is 1.09 bits per heavy atom. The molecule has 0 saturated carbocycles. The van der Waals surface area contributed by atoms with E-state index in [0.29, 0.717) is 5.56 Å². The summed E-state index contributed by atoms with van der Waals surface area (Å²) in [6.07, 6.45) is 0.270. The summed E-state index contributed by atoms with van der Waals surface area (Å²) in [5, 5.41) is 11.9. The van der Waals surface area contributed by atoms with Gasteiger partial charge in [-0.2, -0.15) is 0 Å². The van der Waals surface area contributed by atoms with Crippen molar-refractivity contribution in [1.82, 2.24) is 5.32 Å². The molecule has 0 aromatic heterocycles. The number of nitrogens with one attached hydrogen (secondary N) is 1. The number of hydrogen-bond donors (Lipinski definition) is 3. The van der Waals surface area contributed by atoms with Crippen LogP contribution in [0.2, 0.25) is 0 Å². The Hall–Kier alpha value is -2.09. The number of carbonyl (C=O) groups is 2. The molecule has 22 heavy (non-hydrogen) atoms. The topological polar surface area (TPSA) is 92.4 Å². The van der Waals surface area contributed by atoms with E-state index in [9.17, 15) is 14.7 Å². The third-order valence-corrected chi connectivity index (χ3v) is 3.85. The van der Waals surface area contributed by atoms with Crippen LogP contribution in [0.1, 0.15) is 15.9 Å². The number of nitrogens with two attached hydrogens (primary N) is 1. The second-order valence-electron chi connectivity index (χ2n) is 4.81. The molecule has 0 radical (unpaired) electrons. The van der Waals surface area contributed by atoms with Gasteiger partial charge in [0.2, 0.25) is 5.91 Å². The van der Waals surface area contributed by atoms with Gasteiger partial charge < -0.3 is 16.2 Å². The van der Waals surface area contributed by atoms with E-state index in [-0.39, 0.29) is 18.1 Å². The molecule has 0 fully saturated rings. The Morgan fingerprint density at radius 3 is 2.23 bits per heavy atom. The average molecular weight is 410 g/mol. The first-order valence-electron chi connectivity index (χ1n) is 6.59. The van der Waals surface area contributed by atoms with Crippen molar-refractivity contribution in [3.8, 4) is 5.75 Å². The molecule has 0 bridgehead atoms. The molecule has 2 rings (SSSR count). The number of hydrogen-bond acceptors (Lipinski definition) is 3. The van der Waals surface area contributed by atoms with Gasteiger partial charge in [-0.25, -0.2) is 0 Å². The minimum absolute atomic E-state index is 0.141. The summed E-state index contributed by atoms with van der Waals surface area (Å²) in [5.41, 5.74) is 6.63. The van der Waals surface area contributed by atoms with Crippen LogP contribution < -0.4 is 11.1 Å². The van der Waals surface area contributed by atoms with E-state index in [1.54, 1.807) is 24.3 Å². The first kappa shape index (κ1) is 16.3. The van der Waals surface area contributed by atoms with Crippen molar-refractivity contribution in [2.75, 3.05) is 0 Å². The Balaban J connectivity index is 2.08. The van der Waals surface area contributed by atoms with E-state index < -0.39 is 11.9 Å². The highest BCUT2D eigenvalue weighted by Crippen LogP contribution is 2.12. The van der Waals surface area contributed by atoms with Crippen LogP contribution in [0, 0.1) is 3.57 Å². The summed E-state index contributed by atoms with van der Waals surface area (Å²) in [4.78, 5) is 23.7. The zero-order chi connectivity index (χ0) is 16.1. The summed E-state index contributed by atoms with van der Waals surface area (Å²) < 4.78 is 1.02. The molecule has 0 aliphatic heterocycles. The lowest BCUT2D eigenvalue weighted by molar-refractivity contribution is -0.119. The van der Waals surface area contributed by atoms with Gasteiger partial charge in [-0.05, 0) is 64.6 Å². The summed E-state index contributed by atoms with van der Waals surface area (Å²) in [6, 6.07) is 12.6. The molecular formula is C16H15IN2O3. The molecule has 5 nitrogen and oxygen atoms in total. The number of carbonyl (C=O) groups excluding carboxylic acids is 2. The number of rotatable bonds is 5. The van der Waals surface area contributed by atoms with Crippen molar-refractivity contribution in [2.24, 2.45) is 5.73 Å². The first-order chi connectivity index (χ1) is 10.5. The van der Waals surface area contributed by atoms with Gasteiger partial charge in [-0.15, -0.1) is 0 Å². The predicted molar refractivity (Wildman–Crippen MR) is 91.4 cm³/mol. The van der Waals surface area contributed by atoms with E-state index in [2.05, 4.69) is 27.9 Å². The van der Waals surface area contributed by atoms with Crippen LogP contribution in [0.5, 0.6) is 5.75 Å². The maximum absolute atomic E-state index is 12.2. The first-order valence-corrected chi connectivity index (χ1v) is 7.67. The quantitative estimate of drug-likeness (QED) is 0.657. The molecule has 2 aromatic rings. The predicted octanol–water partition coefficient (Wildman–Crippen LogP) is 1.82. The monoisotopic (exact) mass is 410 g/mol. The molecule has 1 atom stereocenters. The average Bonchev–Trinajstić information content (AvgIpc) is 2.49. The fourth-order valence-electron chi connectivity index (χ4n) is 1.93. The number of benzene rings is 2. The molecule has 0 heterocycles. The second-order valence-corrected chi connectivity index (χ2v) is 6.05. The Bertz CT molecular complexity index is 669. The lowest BCUT2D eigenvalue weighted by Gasteiger charge is -2.15. The number of phenols is 1. The molecule has 0 saturated heterocycles. The molecule has 114 valence electrons. The van der Waals surface area contributed by atoms with Crippen molar-refractivity contribution in [3.63, 3.8) is 0 Å². The third kappa shape index (κ3) is 4.45. The van der Waals surface area contributed by atoms with Gasteiger partial charge >= 0.3 is 0 Å². The van der Waals surface area contributed by atoms with Crippen LogP contribution in [0.15, 0.2) is 48.5 Å². The second kappa shape index (κ2) is 7.26. The number of phenolic OH excluding ortho intramolecular Hbond substituents is 1. The van der Waals surface area contributed by atoms with E-state index in [0.717, 1.165) is 9.13 Å². The summed E-state index contributed by atoms with van der Waals surface area (Å²) in [7, 11) is 0. The minimum Gasteiger partial charge on any atom is -0.508 e. The van der Waals surface area contributed by atoms with Crippen molar-refractivity contribution in [1.29, 1.82) is 0 Å². The Morgan fingerprint density at radius 2 is 1.68 bits per heavy atom. The van der Waals surface area contributed by atoms with Gasteiger partial charge in [0.25, 0.3) is 5.91 Å². The fourth-order valence-corrected chi connectivity index (χ4v) is 2.29. The number of amides is 2. The van der Waals surface area contributed by atoms with E-state index in [4.69, 9.17) is 5.73 Å². The van der Waals surface area contributed by atoms with Crippen LogP contribution in [-0.4, -0.2) is 23.0 Å². The summed E-state index contributed by atoms with van der Waals surface area (Å²) in [5.74, 6) is -0.812. The zero-order valence-corrected chi connectivity index (χ0v) is 13.8. The van der Waals surface area contributed by atoms with Crippen molar-refractivity contribution < 1.29 is 14.7 Å². The lowest BCUT2D eigenvalue weighted by atomic mass is 10.0. The van der Waals surface area contributed by atoms with Crippen molar-refractivity contribution in [3.05, 3.63) is 63.2 Å². The number of primary amides is 1. The van der Waals surface area contributed by atoms with Crippen molar-refractivity contribution in [2.45, 2.75) is 12.5 Å². The molecule has 2 aromatic carbocycles. The third-order valence-electron chi connectivity index (χ3n) is 3.13. The maximum atomic E-state index is 12.2. The maximum Gasteiger partial charge on any atom is 0.251 e. The van der Waals surface area contributed by atoms with E-state index in [1.807, 2.05) is 12.1 Å². The van der Waals surface area contributed by atoms with Crippen LogP contribution in [0.4, 0.5) is 0 Å². The molecule has 0 aliphatic rings. The standard InChI is InChI=1S/C16H15IN2O3/c17-12-5-3-11(4-6-12)16(22)19-14(15(18)21)9-10-1-7-13(20)8-2-10/h1-8,14,20H,9H2,(H2,18,21)(H,19,22). The number of aromatic hydroxyl groups is 1. The number of halogens is 1. The molecule has 0 spiro atoms. The largest absolute Gasteiger partial charge is 0.508 e. The van der Waals surface area contributed by atoms with Crippen molar-refractivity contribution >= 4 is 34.4 Å². The van der Waals surface area contributed by atoms with Gasteiger partial charge in [0.05, 0.1) is 0 Å². The van der Waals surface area contributed by atoms with Gasteiger partial charge in [0.15, 0.2) is 0 Å². The van der Waals surface area contributed by atoms with E-state index in [1.165, 1.54) is 12.1 Å². The Kier molecular flexibility index (Phi) is 5.37. The van der Waals surface area contributed by atoms with E-state index >= 15 is 0 Å². The van der Waals surface area contributed by atoms with Crippen LogP contribution in [-0.2, 0) is 11.2 Å². The van der Waals surface area contributed by atoms with Crippen LogP contribution >= 0.6 is 22.6 Å². The highest BCUT2D eigenvalue weighted by Gasteiger charge is 2.19. The molecule has 2 amide bonds. The lowest BCUT2D eigenvalue weighted by Crippen LogP contribution is -2.45. The van der Waals surface area contributed by atoms with Gasteiger partial charge in [0, 0.05) is 15.6 Å².